The van der Waals surface area contributed by atoms with Crippen molar-refractivity contribution in [3.63, 3.8) is 0 Å². The molecule has 0 unspecified atom stereocenters. The number of carbonyl (C=O) groups is 2. The molecule has 0 fully saturated rings. The number of hydrogen-bond donors (Lipinski definition) is 1. The zero-order chi connectivity index (χ0) is 12.1. The molecule has 16 heavy (non-hydrogen) atoms. The molecule has 0 aliphatic carbocycles. The van der Waals surface area contributed by atoms with Crippen molar-refractivity contribution in [1.82, 2.24) is 0 Å². The lowest BCUT2D eigenvalue weighted by Gasteiger charge is -2.02. The summed E-state index contributed by atoms with van der Waals surface area (Å²) in [7, 11) is 0. The molecule has 0 spiro atoms. The van der Waals surface area contributed by atoms with Gasteiger partial charge in [-0.25, -0.2) is 4.39 Å². The first-order valence-electron chi connectivity index (χ1n) is 4.66. The topological polar surface area (TPSA) is 54.4 Å². The Morgan fingerprint density at radius 2 is 2.00 bits per heavy atom. The molecule has 0 bridgehead atoms. The van der Waals surface area contributed by atoms with Gasteiger partial charge in [-0.2, -0.15) is 0 Å². The van der Waals surface area contributed by atoms with E-state index in [9.17, 15) is 14.0 Å². The van der Waals surface area contributed by atoms with E-state index in [4.69, 9.17) is 16.7 Å². The van der Waals surface area contributed by atoms with Crippen molar-refractivity contribution in [1.29, 1.82) is 0 Å². The minimum atomic E-state index is -1.02. The predicted octanol–water partition coefficient (Wildman–Crippen LogP) is 2.46. The second-order valence-electron chi connectivity index (χ2n) is 3.34. The number of rotatable bonds is 5. The number of halogens is 2. The molecule has 0 radical (unpaired) electrons. The second kappa shape index (κ2) is 5.61. The number of carboxylic acids is 1. The molecule has 0 aliphatic rings. The first-order chi connectivity index (χ1) is 7.49. The number of aliphatic carboxylic acids is 1. The Kier molecular flexibility index (Phi) is 4.43. The molecule has 0 aliphatic heterocycles. The van der Waals surface area contributed by atoms with Crippen LogP contribution in [-0.2, 0) is 16.0 Å². The highest BCUT2D eigenvalue weighted by atomic mass is 35.5. The maximum Gasteiger partial charge on any atom is 0.303 e. The second-order valence-corrected chi connectivity index (χ2v) is 3.75. The summed E-state index contributed by atoms with van der Waals surface area (Å²) in [6, 6.07) is 3.77. The van der Waals surface area contributed by atoms with E-state index in [1.165, 1.54) is 12.1 Å². The van der Waals surface area contributed by atoms with E-state index in [-0.39, 0.29) is 30.1 Å². The van der Waals surface area contributed by atoms with Crippen molar-refractivity contribution < 1.29 is 19.1 Å². The summed E-state index contributed by atoms with van der Waals surface area (Å²) in [5.41, 5.74) is 0.512. The van der Waals surface area contributed by atoms with Gasteiger partial charge in [0, 0.05) is 17.9 Å². The van der Waals surface area contributed by atoms with Crippen molar-refractivity contribution in [2.75, 3.05) is 0 Å². The van der Waals surface area contributed by atoms with Gasteiger partial charge in [0.1, 0.15) is 11.6 Å². The molecule has 1 aromatic carbocycles. The van der Waals surface area contributed by atoms with Gasteiger partial charge < -0.3 is 5.11 Å². The molecule has 5 heteroatoms. The van der Waals surface area contributed by atoms with Gasteiger partial charge >= 0.3 is 5.97 Å². The zero-order valence-electron chi connectivity index (χ0n) is 8.37. The number of Topliss-reactive ketones (excluding diaryl/α,β-unsaturated/α-hetero) is 1. The lowest BCUT2D eigenvalue weighted by atomic mass is 10.1. The smallest absolute Gasteiger partial charge is 0.303 e. The van der Waals surface area contributed by atoms with Gasteiger partial charge in [-0.15, -0.1) is 0 Å². The highest BCUT2D eigenvalue weighted by molar-refractivity contribution is 6.31. The standard InChI is InChI=1S/C11H10ClFO3/c12-10-6-8(13)2-1-7(10)5-9(14)3-4-11(15)16/h1-2,6H,3-5H2,(H,15,16). The van der Waals surface area contributed by atoms with Crippen LogP contribution in [0.15, 0.2) is 18.2 Å². The van der Waals surface area contributed by atoms with Crippen LogP contribution in [0.25, 0.3) is 0 Å². The van der Waals surface area contributed by atoms with Crippen LogP contribution < -0.4 is 0 Å². The SMILES string of the molecule is O=C(O)CCC(=O)Cc1ccc(F)cc1Cl. The first kappa shape index (κ1) is 12.6. The van der Waals surface area contributed by atoms with E-state index < -0.39 is 11.8 Å². The van der Waals surface area contributed by atoms with Gasteiger partial charge in [0.25, 0.3) is 0 Å². The summed E-state index contributed by atoms with van der Waals surface area (Å²) in [5.74, 6) is -1.71. The summed E-state index contributed by atoms with van der Waals surface area (Å²) >= 11 is 5.73. The van der Waals surface area contributed by atoms with Crippen LogP contribution in [0.2, 0.25) is 5.02 Å². The third kappa shape index (κ3) is 3.98. The van der Waals surface area contributed by atoms with E-state index in [1.54, 1.807) is 0 Å². The van der Waals surface area contributed by atoms with Crippen molar-refractivity contribution in [3.05, 3.63) is 34.6 Å². The fraction of sp³-hybridized carbons (Fsp3) is 0.273. The van der Waals surface area contributed by atoms with Crippen molar-refractivity contribution >= 4 is 23.4 Å². The minimum absolute atomic E-state index is 0.0341. The molecule has 1 aromatic rings. The molecule has 3 nitrogen and oxygen atoms in total. The number of ketones is 1. The Bertz CT molecular complexity index is 418. The van der Waals surface area contributed by atoms with Crippen molar-refractivity contribution in [2.45, 2.75) is 19.3 Å². The quantitative estimate of drug-likeness (QED) is 0.866. The third-order valence-electron chi connectivity index (χ3n) is 2.02. The van der Waals surface area contributed by atoms with Crippen LogP contribution in [0.5, 0.6) is 0 Å². The van der Waals surface area contributed by atoms with Gasteiger partial charge in [0.2, 0.25) is 0 Å². The van der Waals surface area contributed by atoms with Gasteiger partial charge in [-0.05, 0) is 17.7 Å². The number of benzene rings is 1. The van der Waals surface area contributed by atoms with Crippen molar-refractivity contribution in [2.24, 2.45) is 0 Å². The lowest BCUT2D eigenvalue weighted by Crippen LogP contribution is -2.06. The monoisotopic (exact) mass is 244 g/mol. The van der Waals surface area contributed by atoms with Crippen LogP contribution in [0.4, 0.5) is 4.39 Å². The first-order valence-corrected chi connectivity index (χ1v) is 5.04. The van der Waals surface area contributed by atoms with E-state index in [1.807, 2.05) is 0 Å². The lowest BCUT2D eigenvalue weighted by molar-refractivity contribution is -0.138. The van der Waals surface area contributed by atoms with Crippen LogP contribution in [-0.4, -0.2) is 16.9 Å². The van der Waals surface area contributed by atoms with Gasteiger partial charge in [0.15, 0.2) is 0 Å². The number of hydrogen-bond acceptors (Lipinski definition) is 2. The normalized spacial score (nSPS) is 10.1. The van der Waals surface area contributed by atoms with Gasteiger partial charge in [-0.1, -0.05) is 17.7 Å². The summed E-state index contributed by atoms with van der Waals surface area (Å²) in [4.78, 5) is 21.6. The highest BCUT2D eigenvalue weighted by Gasteiger charge is 2.09. The third-order valence-corrected chi connectivity index (χ3v) is 2.37. The molecule has 0 saturated heterocycles. The Labute approximate surface area is 96.8 Å². The van der Waals surface area contributed by atoms with E-state index in [0.717, 1.165) is 6.07 Å². The summed E-state index contributed by atoms with van der Waals surface area (Å²) in [6.45, 7) is 0. The summed E-state index contributed by atoms with van der Waals surface area (Å²) < 4.78 is 12.7. The van der Waals surface area contributed by atoms with Crippen molar-refractivity contribution in [3.8, 4) is 0 Å². The van der Waals surface area contributed by atoms with E-state index in [0.29, 0.717) is 5.56 Å². The molecular formula is C11H10ClFO3. The largest absolute Gasteiger partial charge is 0.481 e. The molecular weight excluding hydrogens is 235 g/mol. The fourth-order valence-electron chi connectivity index (χ4n) is 1.21. The predicted molar refractivity (Wildman–Crippen MR) is 57.0 cm³/mol. The molecule has 0 amide bonds. The van der Waals surface area contributed by atoms with E-state index in [2.05, 4.69) is 0 Å². The van der Waals surface area contributed by atoms with Gasteiger partial charge in [-0.3, -0.25) is 9.59 Å². The van der Waals surface area contributed by atoms with Crippen LogP contribution in [0.1, 0.15) is 18.4 Å². The van der Waals surface area contributed by atoms with E-state index >= 15 is 0 Å². The van der Waals surface area contributed by atoms with Crippen LogP contribution in [0, 0.1) is 5.82 Å². The van der Waals surface area contributed by atoms with Crippen LogP contribution in [0.3, 0.4) is 0 Å². The molecule has 0 aromatic heterocycles. The zero-order valence-corrected chi connectivity index (χ0v) is 9.13. The maximum absolute atomic E-state index is 12.7. The van der Waals surface area contributed by atoms with Crippen LogP contribution >= 0.6 is 11.6 Å². The molecule has 0 heterocycles. The average Bonchev–Trinajstić information content (AvgIpc) is 2.19. The fourth-order valence-corrected chi connectivity index (χ4v) is 1.45. The summed E-state index contributed by atoms with van der Waals surface area (Å²) in [5, 5.41) is 8.58. The van der Waals surface area contributed by atoms with Gasteiger partial charge in [0.05, 0.1) is 6.42 Å². The Hall–Kier alpha value is -1.42. The Balaban J connectivity index is 2.59. The maximum atomic E-state index is 12.7. The molecule has 0 atom stereocenters. The molecule has 1 N–H and O–H groups in total. The minimum Gasteiger partial charge on any atom is -0.481 e. The molecule has 1 rings (SSSR count). The molecule has 86 valence electrons. The molecule has 0 saturated carbocycles. The Morgan fingerprint density at radius 3 is 2.56 bits per heavy atom. The summed E-state index contributed by atoms with van der Waals surface area (Å²) in [6.07, 6.45) is -0.201. The number of carboxylic acid groups (broad SMARTS) is 1. The highest BCUT2D eigenvalue weighted by Crippen LogP contribution is 2.18. The average molecular weight is 245 g/mol. The number of carbonyl (C=O) groups excluding carboxylic acids is 1. The Morgan fingerprint density at radius 1 is 1.31 bits per heavy atom.